The molecule has 1 aliphatic rings. The Labute approximate surface area is 189 Å². The highest BCUT2D eigenvalue weighted by molar-refractivity contribution is 7.99. The second-order valence-electron chi connectivity index (χ2n) is 7.80. The van der Waals surface area contributed by atoms with Gasteiger partial charge in [-0.15, -0.1) is 11.8 Å². The van der Waals surface area contributed by atoms with E-state index in [0.717, 1.165) is 37.5 Å². The molecule has 0 bridgehead atoms. The molecule has 3 nitrogen and oxygen atoms in total. The Balaban J connectivity index is 1.61. The number of hydrogen-bond acceptors (Lipinski definition) is 4. The molecule has 1 heterocycles. The quantitative estimate of drug-likeness (QED) is 0.357. The molecule has 3 aromatic carbocycles. The van der Waals surface area contributed by atoms with Gasteiger partial charge in [0.1, 0.15) is 5.84 Å². The first-order valence-electron chi connectivity index (χ1n) is 10.9. The van der Waals surface area contributed by atoms with Crippen molar-refractivity contribution in [1.82, 2.24) is 5.32 Å². The van der Waals surface area contributed by atoms with Crippen molar-refractivity contribution in [2.45, 2.75) is 23.2 Å². The van der Waals surface area contributed by atoms with Gasteiger partial charge in [0, 0.05) is 29.0 Å². The van der Waals surface area contributed by atoms with Gasteiger partial charge in [0.15, 0.2) is 0 Å². The number of aliphatic imine (C=N–C) groups is 2. The van der Waals surface area contributed by atoms with Gasteiger partial charge in [-0.2, -0.15) is 0 Å². The van der Waals surface area contributed by atoms with Crippen LogP contribution in [-0.4, -0.2) is 37.9 Å². The van der Waals surface area contributed by atoms with Gasteiger partial charge in [-0.25, -0.2) is 0 Å². The maximum Gasteiger partial charge on any atom is 0.129 e. The van der Waals surface area contributed by atoms with Crippen LogP contribution in [0.3, 0.4) is 0 Å². The van der Waals surface area contributed by atoms with Gasteiger partial charge < -0.3 is 5.32 Å². The van der Waals surface area contributed by atoms with Crippen LogP contribution in [0, 0.1) is 0 Å². The summed E-state index contributed by atoms with van der Waals surface area (Å²) in [7, 11) is 0. The molecule has 4 rings (SSSR count). The minimum atomic E-state index is -0.188. The van der Waals surface area contributed by atoms with Crippen LogP contribution in [-0.2, 0) is 5.41 Å². The van der Waals surface area contributed by atoms with E-state index in [-0.39, 0.29) is 5.41 Å². The summed E-state index contributed by atoms with van der Waals surface area (Å²) in [5.74, 6) is 2.00. The van der Waals surface area contributed by atoms with Crippen molar-refractivity contribution in [3.63, 3.8) is 0 Å². The zero-order valence-electron chi connectivity index (χ0n) is 17.8. The van der Waals surface area contributed by atoms with Crippen LogP contribution in [0.5, 0.6) is 0 Å². The van der Waals surface area contributed by atoms with E-state index in [1.54, 1.807) is 0 Å². The first kappa shape index (κ1) is 21.4. The number of nitrogens with one attached hydrogen (secondary N) is 1. The maximum absolute atomic E-state index is 4.71. The molecule has 0 amide bonds. The van der Waals surface area contributed by atoms with Crippen molar-refractivity contribution < 1.29 is 0 Å². The van der Waals surface area contributed by atoms with Crippen LogP contribution in [0.4, 0.5) is 0 Å². The molecule has 0 spiro atoms. The van der Waals surface area contributed by atoms with Gasteiger partial charge in [0.05, 0.1) is 6.54 Å². The lowest BCUT2D eigenvalue weighted by Crippen LogP contribution is -2.32. The fourth-order valence-electron chi connectivity index (χ4n) is 4.26. The molecule has 0 atom stereocenters. The lowest BCUT2D eigenvalue weighted by molar-refractivity contribution is 0.514. The maximum atomic E-state index is 4.71. The normalized spacial score (nSPS) is 13.9. The molecule has 0 radical (unpaired) electrons. The molecule has 0 aromatic heterocycles. The summed E-state index contributed by atoms with van der Waals surface area (Å²) >= 11 is 1.90. The van der Waals surface area contributed by atoms with Gasteiger partial charge in [0.25, 0.3) is 0 Å². The Morgan fingerprint density at radius 1 is 0.903 bits per heavy atom. The van der Waals surface area contributed by atoms with Crippen molar-refractivity contribution in [3.8, 4) is 0 Å². The first-order chi connectivity index (χ1) is 15.3. The van der Waals surface area contributed by atoms with Crippen molar-refractivity contribution in [3.05, 3.63) is 102 Å². The highest BCUT2D eigenvalue weighted by atomic mass is 32.2. The summed E-state index contributed by atoms with van der Waals surface area (Å²) in [5, 5.41) is 3.47. The van der Waals surface area contributed by atoms with Gasteiger partial charge >= 0.3 is 0 Å². The summed E-state index contributed by atoms with van der Waals surface area (Å²) in [6.07, 6.45) is 2.07. The van der Waals surface area contributed by atoms with Gasteiger partial charge in [-0.05, 0) is 42.5 Å². The summed E-state index contributed by atoms with van der Waals surface area (Å²) in [6, 6.07) is 30.1. The molecule has 3 aromatic rings. The van der Waals surface area contributed by atoms with Crippen LogP contribution >= 0.6 is 11.8 Å². The van der Waals surface area contributed by atoms with E-state index in [9.17, 15) is 0 Å². The average Bonchev–Trinajstić information content (AvgIpc) is 2.85. The molecule has 1 N–H and O–H groups in total. The molecule has 158 valence electrons. The van der Waals surface area contributed by atoms with Gasteiger partial charge in [-0.3, -0.25) is 9.98 Å². The summed E-state index contributed by atoms with van der Waals surface area (Å²) in [6.45, 7) is 6.42. The van der Waals surface area contributed by atoms with Gasteiger partial charge in [0.2, 0.25) is 0 Å². The number of nitrogens with zero attached hydrogens (tertiary/aromatic N) is 2. The SMILES string of the molecule is C=NCC(CCSc1ccccc1C1=NCCCN1)(c1ccccc1)c1ccccc1. The van der Waals surface area contributed by atoms with E-state index in [1.165, 1.54) is 21.6 Å². The van der Waals surface area contributed by atoms with Crippen LogP contribution < -0.4 is 5.32 Å². The largest absolute Gasteiger partial charge is 0.370 e. The Kier molecular flexibility index (Phi) is 7.21. The van der Waals surface area contributed by atoms with Crippen LogP contribution in [0.25, 0.3) is 0 Å². The second-order valence-corrected chi connectivity index (χ2v) is 8.94. The number of hydrogen-bond donors (Lipinski definition) is 1. The van der Waals surface area contributed by atoms with Crippen molar-refractivity contribution in [2.75, 3.05) is 25.4 Å². The smallest absolute Gasteiger partial charge is 0.129 e. The Hall–Kier alpha value is -2.85. The van der Waals surface area contributed by atoms with Crippen molar-refractivity contribution in [2.24, 2.45) is 9.98 Å². The van der Waals surface area contributed by atoms with E-state index in [2.05, 4.69) is 102 Å². The highest BCUT2D eigenvalue weighted by Crippen LogP contribution is 2.38. The number of amidine groups is 1. The van der Waals surface area contributed by atoms with E-state index in [1.807, 2.05) is 11.8 Å². The molecule has 0 fully saturated rings. The Bertz CT molecular complexity index is 975. The standard InChI is InChI=1S/C27H29N3S/c1-28-21-27(22-11-4-2-5-12-22,23-13-6-3-7-14-23)17-20-31-25-16-9-8-15-24(25)26-29-18-10-19-30-26/h2-9,11-16H,1,10,17-21H2,(H,29,30). The zero-order chi connectivity index (χ0) is 21.4. The molecule has 0 saturated carbocycles. The minimum absolute atomic E-state index is 0.188. The average molecular weight is 428 g/mol. The van der Waals surface area contributed by atoms with Crippen molar-refractivity contribution >= 4 is 24.3 Å². The monoisotopic (exact) mass is 427 g/mol. The van der Waals surface area contributed by atoms with E-state index in [4.69, 9.17) is 4.99 Å². The lowest BCUT2D eigenvalue weighted by atomic mass is 9.72. The Morgan fingerprint density at radius 3 is 2.16 bits per heavy atom. The third kappa shape index (κ3) is 4.91. The molecule has 0 saturated heterocycles. The van der Waals surface area contributed by atoms with Crippen LogP contribution in [0.15, 0.2) is 99.8 Å². The summed E-state index contributed by atoms with van der Waals surface area (Å²) in [4.78, 5) is 10.4. The second kappa shape index (κ2) is 10.5. The van der Waals surface area contributed by atoms with Crippen molar-refractivity contribution in [1.29, 1.82) is 0 Å². The van der Waals surface area contributed by atoms with Crippen LogP contribution in [0.1, 0.15) is 29.5 Å². The molecular weight excluding hydrogens is 398 g/mol. The lowest BCUT2D eigenvalue weighted by Gasteiger charge is -2.34. The molecule has 0 aliphatic carbocycles. The predicted octanol–water partition coefficient (Wildman–Crippen LogP) is 5.60. The molecule has 0 unspecified atom stereocenters. The van der Waals surface area contributed by atoms with Crippen LogP contribution in [0.2, 0.25) is 0 Å². The topological polar surface area (TPSA) is 36.8 Å². The first-order valence-corrected chi connectivity index (χ1v) is 11.9. The summed E-state index contributed by atoms with van der Waals surface area (Å²) in [5.41, 5.74) is 3.60. The van der Waals surface area contributed by atoms with Gasteiger partial charge in [-0.1, -0.05) is 78.9 Å². The number of benzene rings is 3. The molecular formula is C27H29N3S. The summed E-state index contributed by atoms with van der Waals surface area (Å²) < 4.78 is 0. The highest BCUT2D eigenvalue weighted by Gasteiger charge is 2.33. The number of rotatable bonds is 9. The third-order valence-corrected chi connectivity index (χ3v) is 6.94. The van der Waals surface area contributed by atoms with E-state index in [0.29, 0.717) is 6.54 Å². The Morgan fingerprint density at radius 2 is 1.55 bits per heavy atom. The minimum Gasteiger partial charge on any atom is -0.370 e. The molecule has 4 heteroatoms. The zero-order valence-corrected chi connectivity index (χ0v) is 18.7. The molecule has 31 heavy (non-hydrogen) atoms. The fraction of sp³-hybridized carbons (Fsp3) is 0.259. The molecule has 1 aliphatic heterocycles. The van der Waals surface area contributed by atoms with E-state index < -0.39 is 0 Å². The fourth-order valence-corrected chi connectivity index (χ4v) is 5.42. The van der Waals surface area contributed by atoms with E-state index >= 15 is 0 Å². The number of thioether (sulfide) groups is 1. The predicted molar refractivity (Wildman–Crippen MR) is 134 cm³/mol. The third-order valence-electron chi connectivity index (χ3n) is 5.86.